The molecule has 22 heavy (non-hydrogen) atoms. The summed E-state index contributed by atoms with van der Waals surface area (Å²) in [5.74, 6) is 9.72. The summed E-state index contributed by atoms with van der Waals surface area (Å²) in [6.45, 7) is 1.58. The standard InChI is InChI=1S/C20H19NO/c1-4-17-5-7-18(8-6-17)9-10-19-11-13-20(14-12-19)22-16-15-21(2)3/h1,5-8,11-14H,15-16H2,2-3H3. The molecule has 0 atom stereocenters. The second-order valence-corrected chi connectivity index (χ2v) is 5.15. The van der Waals surface area contributed by atoms with Gasteiger partial charge in [-0.3, -0.25) is 0 Å². The third-order valence-electron chi connectivity index (χ3n) is 3.06. The van der Waals surface area contributed by atoms with Crippen molar-refractivity contribution in [2.75, 3.05) is 27.2 Å². The van der Waals surface area contributed by atoms with Gasteiger partial charge in [0.2, 0.25) is 0 Å². The minimum absolute atomic E-state index is 0.680. The molecule has 0 spiro atoms. The fourth-order valence-corrected chi connectivity index (χ4v) is 1.77. The minimum atomic E-state index is 0.680. The fourth-order valence-electron chi connectivity index (χ4n) is 1.77. The molecule has 0 aliphatic heterocycles. The van der Waals surface area contributed by atoms with Gasteiger partial charge in [0.05, 0.1) is 0 Å². The molecule has 2 aromatic carbocycles. The van der Waals surface area contributed by atoms with Crippen LogP contribution in [-0.4, -0.2) is 32.1 Å². The highest BCUT2D eigenvalue weighted by molar-refractivity contribution is 5.46. The van der Waals surface area contributed by atoms with E-state index in [0.717, 1.165) is 29.0 Å². The number of hydrogen-bond donors (Lipinski definition) is 0. The van der Waals surface area contributed by atoms with E-state index in [2.05, 4.69) is 22.7 Å². The van der Waals surface area contributed by atoms with Crippen LogP contribution in [0, 0.1) is 24.2 Å². The molecule has 2 rings (SSSR count). The maximum atomic E-state index is 5.65. The maximum absolute atomic E-state index is 5.65. The van der Waals surface area contributed by atoms with Gasteiger partial charge in [0.1, 0.15) is 12.4 Å². The molecule has 0 fully saturated rings. The summed E-state index contributed by atoms with van der Waals surface area (Å²) in [7, 11) is 4.05. The SMILES string of the molecule is C#Cc1ccc(C#Cc2ccc(OCCN(C)C)cc2)cc1. The van der Waals surface area contributed by atoms with Gasteiger partial charge in [0.15, 0.2) is 0 Å². The summed E-state index contributed by atoms with van der Waals surface area (Å²) in [5, 5.41) is 0. The second kappa shape index (κ2) is 7.93. The van der Waals surface area contributed by atoms with Crippen molar-refractivity contribution < 1.29 is 4.74 Å². The first-order chi connectivity index (χ1) is 10.7. The van der Waals surface area contributed by atoms with E-state index in [4.69, 9.17) is 11.2 Å². The van der Waals surface area contributed by atoms with Gasteiger partial charge in [0.25, 0.3) is 0 Å². The Hall–Kier alpha value is -2.68. The van der Waals surface area contributed by atoms with Crippen molar-refractivity contribution in [3.8, 4) is 29.9 Å². The number of benzene rings is 2. The molecule has 0 aromatic heterocycles. The van der Waals surface area contributed by atoms with E-state index in [0.29, 0.717) is 6.61 Å². The van der Waals surface area contributed by atoms with Crippen LogP contribution in [0.4, 0.5) is 0 Å². The van der Waals surface area contributed by atoms with E-state index < -0.39 is 0 Å². The predicted molar refractivity (Wildman–Crippen MR) is 90.8 cm³/mol. The van der Waals surface area contributed by atoms with E-state index >= 15 is 0 Å². The topological polar surface area (TPSA) is 12.5 Å². The molecule has 0 amide bonds. The van der Waals surface area contributed by atoms with Gasteiger partial charge in [-0.1, -0.05) is 17.8 Å². The molecule has 0 bridgehead atoms. The summed E-state index contributed by atoms with van der Waals surface area (Å²) in [6.07, 6.45) is 5.33. The quantitative estimate of drug-likeness (QED) is 0.802. The number of likely N-dealkylation sites (N-methyl/N-ethyl adjacent to an activating group) is 1. The Morgan fingerprint density at radius 1 is 0.864 bits per heavy atom. The van der Waals surface area contributed by atoms with Gasteiger partial charge in [-0.2, -0.15) is 0 Å². The zero-order chi connectivity index (χ0) is 15.8. The smallest absolute Gasteiger partial charge is 0.119 e. The van der Waals surface area contributed by atoms with Crippen molar-refractivity contribution in [3.63, 3.8) is 0 Å². The molecule has 0 aliphatic rings. The zero-order valence-electron chi connectivity index (χ0n) is 13.0. The van der Waals surface area contributed by atoms with Crippen LogP contribution in [0.15, 0.2) is 48.5 Å². The first-order valence-electron chi connectivity index (χ1n) is 7.13. The van der Waals surface area contributed by atoms with Crippen LogP contribution in [0.25, 0.3) is 0 Å². The lowest BCUT2D eigenvalue weighted by atomic mass is 10.1. The number of nitrogens with zero attached hydrogens (tertiary/aromatic N) is 1. The Labute approximate surface area is 132 Å². The molecule has 2 aromatic rings. The lowest BCUT2D eigenvalue weighted by molar-refractivity contribution is 0.261. The van der Waals surface area contributed by atoms with E-state index in [-0.39, 0.29) is 0 Å². The van der Waals surface area contributed by atoms with Crippen molar-refractivity contribution in [3.05, 3.63) is 65.2 Å². The normalized spacial score (nSPS) is 9.73. The van der Waals surface area contributed by atoms with Crippen molar-refractivity contribution in [1.82, 2.24) is 4.90 Å². The van der Waals surface area contributed by atoms with Crippen molar-refractivity contribution in [2.24, 2.45) is 0 Å². The highest BCUT2D eigenvalue weighted by atomic mass is 16.5. The molecular weight excluding hydrogens is 270 g/mol. The van der Waals surface area contributed by atoms with Crippen LogP contribution in [0.3, 0.4) is 0 Å². The van der Waals surface area contributed by atoms with Crippen molar-refractivity contribution in [2.45, 2.75) is 0 Å². The fraction of sp³-hybridized carbons (Fsp3) is 0.200. The molecule has 110 valence electrons. The summed E-state index contributed by atoms with van der Waals surface area (Å²) in [5.41, 5.74) is 2.77. The monoisotopic (exact) mass is 289 g/mol. The summed E-state index contributed by atoms with van der Waals surface area (Å²) in [6, 6.07) is 15.5. The molecule has 0 saturated carbocycles. The van der Waals surface area contributed by atoms with Crippen LogP contribution in [-0.2, 0) is 0 Å². The molecule has 0 unspecified atom stereocenters. The first-order valence-corrected chi connectivity index (χ1v) is 7.13. The highest BCUT2D eigenvalue weighted by Crippen LogP contribution is 2.11. The second-order valence-electron chi connectivity index (χ2n) is 5.15. The Balaban J connectivity index is 1.96. The molecule has 0 saturated heterocycles. The third kappa shape index (κ3) is 5.02. The van der Waals surface area contributed by atoms with Crippen LogP contribution >= 0.6 is 0 Å². The average molecular weight is 289 g/mol. The van der Waals surface area contributed by atoms with E-state index in [9.17, 15) is 0 Å². The van der Waals surface area contributed by atoms with E-state index in [1.54, 1.807) is 0 Å². The third-order valence-corrected chi connectivity index (χ3v) is 3.06. The van der Waals surface area contributed by atoms with Crippen molar-refractivity contribution in [1.29, 1.82) is 0 Å². The summed E-state index contributed by atoms with van der Waals surface area (Å²) >= 11 is 0. The van der Waals surface area contributed by atoms with E-state index in [1.165, 1.54) is 0 Å². The van der Waals surface area contributed by atoms with Gasteiger partial charge >= 0.3 is 0 Å². The molecule has 2 nitrogen and oxygen atoms in total. The molecular formula is C20H19NO. The molecule has 0 radical (unpaired) electrons. The van der Waals surface area contributed by atoms with Gasteiger partial charge in [-0.05, 0) is 62.6 Å². The Kier molecular flexibility index (Phi) is 5.66. The first kappa shape index (κ1) is 15.7. The minimum Gasteiger partial charge on any atom is -0.492 e. The zero-order valence-corrected chi connectivity index (χ0v) is 13.0. The van der Waals surface area contributed by atoms with Gasteiger partial charge in [-0.15, -0.1) is 6.42 Å². The Bertz CT molecular complexity index is 695. The number of rotatable bonds is 4. The van der Waals surface area contributed by atoms with Gasteiger partial charge in [0, 0.05) is 23.2 Å². The average Bonchev–Trinajstić information content (AvgIpc) is 2.54. The Morgan fingerprint density at radius 3 is 1.86 bits per heavy atom. The van der Waals surface area contributed by atoms with Crippen LogP contribution in [0.1, 0.15) is 16.7 Å². The van der Waals surface area contributed by atoms with E-state index in [1.807, 2.05) is 62.6 Å². The van der Waals surface area contributed by atoms with Crippen molar-refractivity contribution >= 4 is 0 Å². The number of hydrogen-bond acceptors (Lipinski definition) is 2. The van der Waals surface area contributed by atoms with Gasteiger partial charge < -0.3 is 9.64 Å². The molecule has 0 heterocycles. The maximum Gasteiger partial charge on any atom is 0.119 e. The number of terminal acetylenes is 1. The number of ether oxygens (including phenoxy) is 1. The molecule has 0 aliphatic carbocycles. The highest BCUT2D eigenvalue weighted by Gasteiger charge is 1.95. The molecule has 2 heteroatoms. The van der Waals surface area contributed by atoms with Crippen LogP contribution in [0.5, 0.6) is 5.75 Å². The lowest BCUT2D eigenvalue weighted by Crippen LogP contribution is -2.19. The largest absolute Gasteiger partial charge is 0.492 e. The van der Waals surface area contributed by atoms with Crippen LogP contribution < -0.4 is 4.74 Å². The molecule has 0 N–H and O–H groups in total. The summed E-state index contributed by atoms with van der Waals surface area (Å²) < 4.78 is 5.65. The van der Waals surface area contributed by atoms with Crippen LogP contribution in [0.2, 0.25) is 0 Å². The summed E-state index contributed by atoms with van der Waals surface area (Å²) in [4.78, 5) is 2.09. The van der Waals surface area contributed by atoms with Gasteiger partial charge in [-0.25, -0.2) is 0 Å². The Morgan fingerprint density at radius 2 is 1.36 bits per heavy atom. The predicted octanol–water partition coefficient (Wildman–Crippen LogP) is 3.01. The lowest BCUT2D eigenvalue weighted by Gasteiger charge is -2.10.